The highest BCUT2D eigenvalue weighted by Gasteiger charge is 2.99. The first-order chi connectivity index (χ1) is 23.2. The predicted molar refractivity (Wildman–Crippen MR) is 127 cm³/mol. The molecule has 0 fully saturated rings. The predicted octanol–water partition coefficient (Wildman–Crippen LogP) is 6.91. The summed E-state index contributed by atoms with van der Waals surface area (Å²) in [5, 5.41) is 9.26. The molecule has 0 aliphatic rings. The van der Waals surface area contributed by atoms with Crippen molar-refractivity contribution < 1.29 is 134 Å². The molecule has 0 aromatic rings. The molecule has 0 spiro atoms. The second kappa shape index (κ2) is 14.6. The van der Waals surface area contributed by atoms with Crippen LogP contribution in [0.2, 0.25) is 0 Å². The molecule has 32 heteroatoms. The number of halogens is 23. The van der Waals surface area contributed by atoms with Crippen molar-refractivity contribution in [1.82, 2.24) is 4.31 Å². The monoisotopic (exact) mass is 879 g/mol. The van der Waals surface area contributed by atoms with E-state index < -0.39 is 134 Å². The van der Waals surface area contributed by atoms with Crippen molar-refractivity contribution in [3.05, 3.63) is 0 Å². The Hall–Kier alpha value is -2.80. The Bertz CT molecular complexity index is 1480. The molecular formula is C22H22F23N2O6S+. The largest absolute Gasteiger partial charge is 0.481 e. The molecule has 0 aromatic carbocycles. The van der Waals surface area contributed by atoms with Crippen LogP contribution in [0.1, 0.15) is 19.3 Å². The third-order valence-electron chi connectivity index (χ3n) is 7.22. The summed E-state index contributed by atoms with van der Waals surface area (Å²) in [6.07, 6.45) is -11.6. The summed E-state index contributed by atoms with van der Waals surface area (Å²) in [5.41, 5.74) is 0. The number of rotatable bonds is 21. The zero-order chi connectivity index (χ0) is 44.2. The number of hydrogen-bond donors (Lipinski definition) is 2. The summed E-state index contributed by atoms with van der Waals surface area (Å²) in [6, 6.07) is 0. The Morgan fingerprint density at radius 3 is 1.07 bits per heavy atom. The van der Waals surface area contributed by atoms with E-state index in [9.17, 15) is 119 Å². The standard InChI is InChI=1S/C22H21F23N2O6S/c1-47(2,9-5-11(50)51)8-3-6-46(7-4-10(48)49)54(52,53)22(44,45)20(39,40)18(35,36)16(31,32)14(27,28)12(23,24)13(25,26)15(29,30)17(33,34)19(37,38)21(41,42)43/h3-9H2,1-2H3,(H-,48,49,50,51)/p+1. The van der Waals surface area contributed by atoms with E-state index in [0.717, 1.165) is 14.1 Å². The van der Waals surface area contributed by atoms with Gasteiger partial charge in [-0.1, -0.05) is 0 Å². The maximum Gasteiger partial charge on any atom is 0.460 e. The lowest BCUT2D eigenvalue weighted by Gasteiger charge is -2.45. The van der Waals surface area contributed by atoms with Gasteiger partial charge in [0.05, 0.1) is 40.0 Å². The number of aliphatic carboxylic acids is 2. The van der Waals surface area contributed by atoms with Crippen molar-refractivity contribution in [2.45, 2.75) is 84.0 Å². The first kappa shape index (κ1) is 51.2. The maximum absolute atomic E-state index is 14.8. The SMILES string of the molecule is C[N+](C)(CCCN(CCC(=O)O)S(=O)(=O)C(F)(F)C(F)(F)C(F)(F)C(F)(F)C(F)(F)C(F)(F)C(F)(F)C(F)(F)C(F)(F)C(F)(F)C(F)(F)F)CCC(=O)O. The Balaban J connectivity index is 7.30. The number of hydrogen-bond acceptors (Lipinski definition) is 4. The lowest BCUT2D eigenvalue weighted by molar-refractivity contribution is -0.889. The molecule has 0 rings (SSSR count). The van der Waals surface area contributed by atoms with E-state index in [1.54, 1.807) is 0 Å². The fourth-order valence-corrected chi connectivity index (χ4v) is 5.30. The van der Waals surface area contributed by atoms with Crippen LogP contribution in [0.25, 0.3) is 0 Å². The third-order valence-corrected chi connectivity index (χ3v) is 9.17. The third kappa shape index (κ3) is 7.91. The van der Waals surface area contributed by atoms with Gasteiger partial charge in [-0.25, -0.2) is 8.42 Å². The summed E-state index contributed by atoms with van der Waals surface area (Å²) in [4.78, 5) is 21.5. The molecule has 0 aliphatic carbocycles. The van der Waals surface area contributed by atoms with Gasteiger partial charge in [-0.3, -0.25) is 9.59 Å². The minimum Gasteiger partial charge on any atom is -0.481 e. The highest BCUT2D eigenvalue weighted by molar-refractivity contribution is 7.90. The van der Waals surface area contributed by atoms with Gasteiger partial charge in [0.1, 0.15) is 0 Å². The normalized spacial score (nSPS) is 15.9. The number of carboxylic acids is 2. The van der Waals surface area contributed by atoms with Gasteiger partial charge in [0.15, 0.2) is 0 Å². The molecule has 0 aromatic heterocycles. The van der Waals surface area contributed by atoms with Crippen molar-refractivity contribution in [1.29, 1.82) is 0 Å². The second-order valence-corrected chi connectivity index (χ2v) is 13.6. The van der Waals surface area contributed by atoms with E-state index in [4.69, 9.17) is 10.2 Å². The second-order valence-electron chi connectivity index (χ2n) is 11.6. The first-order valence-electron chi connectivity index (χ1n) is 13.3. The average Bonchev–Trinajstić information content (AvgIpc) is 2.95. The topological polar surface area (TPSA) is 112 Å². The summed E-state index contributed by atoms with van der Waals surface area (Å²) >= 11 is 0. The van der Waals surface area contributed by atoms with Crippen molar-refractivity contribution in [3.63, 3.8) is 0 Å². The molecule has 322 valence electrons. The van der Waals surface area contributed by atoms with E-state index in [-0.39, 0.29) is 6.54 Å². The van der Waals surface area contributed by atoms with Crippen LogP contribution in [0, 0.1) is 0 Å². The summed E-state index contributed by atoms with van der Waals surface area (Å²) in [7, 11) is -5.69. The van der Waals surface area contributed by atoms with Crippen LogP contribution in [0.3, 0.4) is 0 Å². The highest BCUT2D eigenvalue weighted by atomic mass is 32.2. The average molecular weight is 879 g/mol. The maximum atomic E-state index is 14.8. The van der Waals surface area contributed by atoms with Crippen LogP contribution in [0.4, 0.5) is 101 Å². The van der Waals surface area contributed by atoms with Gasteiger partial charge in [0, 0.05) is 19.5 Å². The molecule has 0 heterocycles. The molecular weight excluding hydrogens is 857 g/mol. The summed E-state index contributed by atoms with van der Waals surface area (Å²) in [5.74, 6) is -87.6. The van der Waals surface area contributed by atoms with Gasteiger partial charge >= 0.3 is 76.7 Å². The number of carbonyl (C=O) groups is 2. The number of carboxylic acid groups (broad SMARTS) is 2. The molecule has 0 amide bonds. The van der Waals surface area contributed by atoms with Crippen LogP contribution in [0.15, 0.2) is 0 Å². The van der Waals surface area contributed by atoms with Gasteiger partial charge in [-0.2, -0.15) is 105 Å². The Morgan fingerprint density at radius 1 is 0.481 bits per heavy atom. The molecule has 54 heavy (non-hydrogen) atoms. The van der Waals surface area contributed by atoms with Crippen LogP contribution in [-0.4, -0.2) is 144 Å². The van der Waals surface area contributed by atoms with Crippen LogP contribution >= 0.6 is 0 Å². The number of quaternary nitrogens is 1. The Labute approximate surface area is 285 Å². The van der Waals surface area contributed by atoms with Crippen molar-refractivity contribution in [3.8, 4) is 0 Å². The number of nitrogens with zero attached hydrogens (tertiary/aromatic N) is 2. The van der Waals surface area contributed by atoms with Crippen LogP contribution < -0.4 is 0 Å². The molecule has 0 saturated carbocycles. The van der Waals surface area contributed by atoms with Crippen molar-refractivity contribution in [2.24, 2.45) is 0 Å². The molecule has 0 unspecified atom stereocenters. The van der Waals surface area contributed by atoms with Gasteiger partial charge in [0.25, 0.3) is 10.0 Å². The Kier molecular flexibility index (Phi) is 13.9. The van der Waals surface area contributed by atoms with E-state index in [0.29, 0.717) is 0 Å². The molecule has 0 saturated heterocycles. The quantitative estimate of drug-likeness (QED) is 0.0959. The fourth-order valence-electron chi connectivity index (χ4n) is 3.82. The van der Waals surface area contributed by atoms with E-state index >= 15 is 0 Å². The minimum absolute atomic E-state index is 0.390. The zero-order valence-electron chi connectivity index (χ0n) is 26.0. The molecule has 0 bridgehead atoms. The van der Waals surface area contributed by atoms with Crippen LogP contribution in [0.5, 0.6) is 0 Å². The minimum atomic E-state index is -9.66. The van der Waals surface area contributed by atoms with Crippen LogP contribution in [-0.2, 0) is 19.6 Å². The molecule has 2 N–H and O–H groups in total. The molecule has 0 atom stereocenters. The number of sulfonamides is 1. The van der Waals surface area contributed by atoms with Gasteiger partial charge in [0.2, 0.25) is 0 Å². The molecule has 0 radical (unpaired) electrons. The number of alkyl halides is 23. The zero-order valence-corrected chi connectivity index (χ0v) is 26.8. The smallest absolute Gasteiger partial charge is 0.460 e. The van der Waals surface area contributed by atoms with Crippen molar-refractivity contribution in [2.75, 3.05) is 40.3 Å². The first-order valence-corrected chi connectivity index (χ1v) is 14.7. The van der Waals surface area contributed by atoms with Gasteiger partial charge in [-0.05, 0) is 0 Å². The molecule has 8 nitrogen and oxygen atoms in total. The van der Waals surface area contributed by atoms with E-state index in [1.165, 1.54) is 0 Å². The highest BCUT2D eigenvalue weighted by Crippen LogP contribution is 2.67. The summed E-state index contributed by atoms with van der Waals surface area (Å²) in [6.45, 7) is -4.78. The lowest BCUT2D eigenvalue weighted by Crippen LogP contribution is -2.78. The Morgan fingerprint density at radius 2 is 0.778 bits per heavy atom. The van der Waals surface area contributed by atoms with Gasteiger partial charge < -0.3 is 14.7 Å². The fraction of sp³-hybridized carbons (Fsp3) is 0.909. The van der Waals surface area contributed by atoms with E-state index in [2.05, 4.69) is 0 Å². The molecule has 0 aliphatic heterocycles. The van der Waals surface area contributed by atoms with Gasteiger partial charge in [-0.15, -0.1) is 0 Å². The van der Waals surface area contributed by atoms with Crippen molar-refractivity contribution >= 4 is 22.0 Å². The lowest BCUT2D eigenvalue weighted by atomic mass is 9.86. The van der Waals surface area contributed by atoms with E-state index in [1.807, 2.05) is 0 Å². The summed E-state index contributed by atoms with van der Waals surface area (Å²) < 4.78 is 339.